The van der Waals surface area contributed by atoms with Crippen LogP contribution in [0, 0.1) is 5.92 Å². The van der Waals surface area contributed by atoms with Gasteiger partial charge < -0.3 is 29.7 Å². The summed E-state index contributed by atoms with van der Waals surface area (Å²) in [6.07, 6.45) is -1.88. The molecule has 0 saturated carbocycles. The van der Waals surface area contributed by atoms with Gasteiger partial charge in [0.25, 0.3) is 5.91 Å². The number of carbonyl (C=O) groups excluding carboxylic acids is 3. The van der Waals surface area contributed by atoms with Crippen LogP contribution in [0.1, 0.15) is 53.6 Å². The lowest BCUT2D eigenvalue weighted by Gasteiger charge is -2.41. The van der Waals surface area contributed by atoms with Crippen molar-refractivity contribution >= 4 is 29.7 Å². The van der Waals surface area contributed by atoms with Crippen molar-refractivity contribution in [1.82, 2.24) is 10.2 Å². The predicted molar refractivity (Wildman–Crippen MR) is 193 cm³/mol. The van der Waals surface area contributed by atoms with E-state index in [1.807, 2.05) is 103 Å². The molecule has 2 aliphatic heterocycles. The lowest BCUT2D eigenvalue weighted by Crippen LogP contribution is -2.41. The molecule has 1 unspecified atom stereocenters. The molecule has 0 radical (unpaired) electrons. The summed E-state index contributed by atoms with van der Waals surface area (Å²) < 4.78 is 18.3. The molecule has 10 nitrogen and oxygen atoms in total. The number of alkyl carbamates (subject to hydrolysis) is 1. The molecule has 0 bridgehead atoms. The van der Waals surface area contributed by atoms with Crippen molar-refractivity contribution in [3.8, 4) is 11.1 Å². The van der Waals surface area contributed by atoms with Crippen LogP contribution in [0.4, 0.5) is 4.79 Å². The molecule has 11 heteroatoms. The molecule has 2 saturated heterocycles. The molecule has 51 heavy (non-hydrogen) atoms. The Hall–Kier alpha value is -4.52. The number of aliphatic hydroxyl groups excluding tert-OH is 2. The predicted octanol–water partition coefficient (Wildman–Crippen LogP) is 5.92. The molecule has 0 aromatic heterocycles. The summed E-state index contributed by atoms with van der Waals surface area (Å²) in [5.74, 6) is 0.526. The smallest absolute Gasteiger partial charge is 0.408 e. The van der Waals surface area contributed by atoms with Crippen LogP contribution < -0.4 is 5.32 Å². The highest BCUT2D eigenvalue weighted by atomic mass is 32.2. The van der Waals surface area contributed by atoms with E-state index in [9.17, 15) is 24.6 Å². The summed E-state index contributed by atoms with van der Waals surface area (Å²) in [6.45, 7) is 2.29. The Kier molecular flexibility index (Phi) is 12.2. The number of nitrogens with zero attached hydrogens (tertiary/aromatic N) is 1. The average Bonchev–Trinajstić information content (AvgIpc) is 3.42. The van der Waals surface area contributed by atoms with Gasteiger partial charge in [0.15, 0.2) is 6.29 Å². The minimum Gasteiger partial charge on any atom is -0.445 e. The number of thioether (sulfide) groups is 1. The SMILES string of the molecule is C[C@H]1[C@@H](CSCCO)O[C@@H](c2ccc(-c3ccccc3CN3C(=O)CC(NC(=O)OCc4ccccc4)C3=O)cc2)O[C@H]1c1ccc(CO)cc1. The first-order valence-corrected chi connectivity index (χ1v) is 18.2. The van der Waals surface area contributed by atoms with E-state index >= 15 is 0 Å². The van der Waals surface area contributed by atoms with E-state index in [-0.39, 0.29) is 56.8 Å². The Labute approximate surface area is 301 Å². The van der Waals surface area contributed by atoms with Crippen molar-refractivity contribution in [1.29, 1.82) is 0 Å². The largest absolute Gasteiger partial charge is 0.445 e. The third-order valence-corrected chi connectivity index (χ3v) is 10.3. The van der Waals surface area contributed by atoms with Gasteiger partial charge in [-0.05, 0) is 33.4 Å². The first-order chi connectivity index (χ1) is 24.8. The summed E-state index contributed by atoms with van der Waals surface area (Å²) in [4.78, 5) is 39.9. The van der Waals surface area contributed by atoms with Crippen LogP contribution in [-0.2, 0) is 43.6 Å². The number of aliphatic hydroxyl groups is 2. The van der Waals surface area contributed by atoms with Gasteiger partial charge in [0.05, 0.1) is 38.4 Å². The Morgan fingerprint density at radius 3 is 2.31 bits per heavy atom. The maximum absolute atomic E-state index is 13.3. The van der Waals surface area contributed by atoms with Crippen molar-refractivity contribution in [2.24, 2.45) is 5.92 Å². The summed E-state index contributed by atoms with van der Waals surface area (Å²) in [7, 11) is 0. The van der Waals surface area contributed by atoms with Crippen LogP contribution >= 0.6 is 11.8 Å². The number of ether oxygens (including phenoxy) is 3. The van der Waals surface area contributed by atoms with Crippen LogP contribution in [0.5, 0.6) is 0 Å². The Balaban J connectivity index is 1.14. The summed E-state index contributed by atoms with van der Waals surface area (Å²) in [5.41, 5.74) is 6.03. The number of imide groups is 1. The molecule has 3 N–H and O–H groups in total. The number of likely N-dealkylation sites (tertiary alicyclic amines) is 1. The molecule has 2 heterocycles. The van der Waals surface area contributed by atoms with E-state index < -0.39 is 24.3 Å². The topological polar surface area (TPSA) is 135 Å². The molecule has 2 fully saturated rings. The Morgan fingerprint density at radius 1 is 0.882 bits per heavy atom. The lowest BCUT2D eigenvalue weighted by atomic mass is 9.91. The van der Waals surface area contributed by atoms with Crippen LogP contribution in [0.15, 0.2) is 103 Å². The number of benzene rings is 4. The fourth-order valence-electron chi connectivity index (χ4n) is 6.37. The first-order valence-electron chi connectivity index (χ1n) is 17.0. The zero-order chi connectivity index (χ0) is 35.7. The highest BCUT2D eigenvalue weighted by molar-refractivity contribution is 7.99. The molecule has 2 aliphatic rings. The van der Waals surface area contributed by atoms with Crippen molar-refractivity contribution in [2.45, 2.75) is 57.6 Å². The van der Waals surface area contributed by atoms with Crippen LogP contribution in [0.2, 0.25) is 0 Å². The molecule has 0 aliphatic carbocycles. The van der Waals surface area contributed by atoms with Crippen LogP contribution in [-0.4, -0.2) is 63.3 Å². The highest BCUT2D eigenvalue weighted by Gasteiger charge is 2.40. The molecular weight excluding hydrogens is 669 g/mol. The molecule has 4 aromatic rings. The first kappa shape index (κ1) is 36.3. The second-order valence-electron chi connectivity index (χ2n) is 12.7. The van der Waals surface area contributed by atoms with E-state index in [4.69, 9.17) is 14.2 Å². The summed E-state index contributed by atoms with van der Waals surface area (Å²) >= 11 is 1.64. The van der Waals surface area contributed by atoms with E-state index in [1.54, 1.807) is 11.8 Å². The molecular formula is C40H42N2O8S. The van der Waals surface area contributed by atoms with Crippen LogP contribution in [0.3, 0.4) is 0 Å². The average molecular weight is 711 g/mol. The van der Waals surface area contributed by atoms with Crippen molar-refractivity contribution in [3.63, 3.8) is 0 Å². The minimum absolute atomic E-state index is 0.0304. The zero-order valence-corrected chi connectivity index (χ0v) is 29.2. The maximum Gasteiger partial charge on any atom is 0.408 e. The third kappa shape index (κ3) is 8.87. The second-order valence-corrected chi connectivity index (χ2v) is 13.8. The number of amides is 3. The van der Waals surface area contributed by atoms with Crippen LogP contribution in [0.25, 0.3) is 11.1 Å². The molecule has 266 valence electrons. The zero-order valence-electron chi connectivity index (χ0n) is 28.4. The molecule has 3 amide bonds. The highest BCUT2D eigenvalue weighted by Crippen LogP contribution is 2.43. The van der Waals surface area contributed by atoms with Gasteiger partial charge in [0.1, 0.15) is 12.6 Å². The van der Waals surface area contributed by atoms with Gasteiger partial charge in [-0.3, -0.25) is 14.5 Å². The van der Waals surface area contributed by atoms with Gasteiger partial charge in [0, 0.05) is 23.0 Å². The van der Waals surface area contributed by atoms with E-state index in [1.165, 1.54) is 4.90 Å². The molecule has 0 spiro atoms. The van der Waals surface area contributed by atoms with Gasteiger partial charge >= 0.3 is 6.09 Å². The van der Waals surface area contributed by atoms with E-state index in [0.29, 0.717) is 11.5 Å². The number of rotatable bonds is 13. The molecule has 4 aromatic carbocycles. The van der Waals surface area contributed by atoms with E-state index in [0.717, 1.165) is 38.9 Å². The number of hydrogen-bond donors (Lipinski definition) is 3. The summed E-state index contributed by atoms with van der Waals surface area (Å²) in [6, 6.07) is 31.5. The van der Waals surface area contributed by atoms with E-state index in [2.05, 4.69) is 12.2 Å². The quantitative estimate of drug-likeness (QED) is 0.114. The number of nitrogens with one attached hydrogen (secondary N) is 1. The lowest BCUT2D eigenvalue weighted by molar-refractivity contribution is -0.268. The molecule has 6 rings (SSSR count). The Morgan fingerprint density at radius 2 is 1.59 bits per heavy atom. The van der Waals surface area contributed by atoms with Gasteiger partial charge in [-0.1, -0.05) is 110 Å². The maximum atomic E-state index is 13.3. The Bertz CT molecular complexity index is 1790. The van der Waals surface area contributed by atoms with Gasteiger partial charge in [0.2, 0.25) is 5.91 Å². The number of carbonyl (C=O) groups is 3. The fourth-order valence-corrected chi connectivity index (χ4v) is 7.28. The normalized spacial score (nSPS) is 21.9. The molecule has 5 atom stereocenters. The standard InChI is InChI=1S/C40H42N2O8S/c1-26-35(25-51-20-19-43)49-39(50-37(26)30-13-11-27(23-44)12-14-30)31-17-15-29(16-18-31)33-10-6-5-9-32(33)22-42-36(45)21-34(38(42)46)41-40(47)48-24-28-7-3-2-4-8-28/h2-18,26,34-35,37,39,43-44H,19-25H2,1H3,(H,41,47)/t26-,34?,35+,37+,39+/m0/s1. The van der Waals surface area contributed by atoms with Gasteiger partial charge in [-0.2, -0.15) is 11.8 Å². The monoisotopic (exact) mass is 710 g/mol. The number of hydrogen-bond acceptors (Lipinski definition) is 9. The fraction of sp³-hybridized carbons (Fsp3) is 0.325. The second kappa shape index (κ2) is 17.1. The van der Waals surface area contributed by atoms with Crippen molar-refractivity contribution < 1.29 is 38.8 Å². The summed E-state index contributed by atoms with van der Waals surface area (Å²) in [5, 5.41) is 21.4. The van der Waals surface area contributed by atoms with Crippen molar-refractivity contribution in [3.05, 3.63) is 131 Å². The minimum atomic E-state index is -0.993. The van der Waals surface area contributed by atoms with Gasteiger partial charge in [-0.25, -0.2) is 4.79 Å². The third-order valence-electron chi connectivity index (χ3n) is 9.23. The van der Waals surface area contributed by atoms with Crippen molar-refractivity contribution in [2.75, 3.05) is 18.1 Å². The van der Waals surface area contributed by atoms with Gasteiger partial charge in [-0.15, -0.1) is 0 Å².